The van der Waals surface area contributed by atoms with Gasteiger partial charge in [0.15, 0.2) is 0 Å². The molecule has 0 spiro atoms. The van der Waals surface area contributed by atoms with Crippen LogP contribution in [-0.2, 0) is 14.7 Å². The van der Waals surface area contributed by atoms with Crippen molar-refractivity contribution in [1.29, 1.82) is 0 Å². The Bertz CT molecular complexity index is 804. The summed E-state index contributed by atoms with van der Waals surface area (Å²) in [5, 5.41) is 0. The molecule has 1 aliphatic heterocycles. The second-order valence-electron chi connectivity index (χ2n) is 8.53. The molecule has 0 atom stereocenters. The van der Waals surface area contributed by atoms with Crippen molar-refractivity contribution >= 4 is 12.6 Å². The zero-order valence-electron chi connectivity index (χ0n) is 15.4. The number of benzene rings is 2. The number of rotatable bonds is 1. The Morgan fingerprint density at radius 2 is 1.29 bits per heavy atom. The molecule has 0 bridgehead atoms. The van der Waals surface area contributed by atoms with Crippen LogP contribution in [0.15, 0.2) is 42.5 Å². The third kappa shape index (κ3) is 1.98. The SMILES string of the molecule is CC1(C)c2ccccc2-c2c(B3OC(C)(C)C(C)(C)O3)cccc21. The molecule has 0 N–H and O–H groups in total. The minimum Gasteiger partial charge on any atom is -0.399 e. The molecule has 2 aliphatic rings. The Morgan fingerprint density at radius 1 is 0.708 bits per heavy atom. The van der Waals surface area contributed by atoms with Gasteiger partial charge in [0.05, 0.1) is 11.2 Å². The monoisotopic (exact) mass is 320 g/mol. The van der Waals surface area contributed by atoms with E-state index >= 15 is 0 Å². The van der Waals surface area contributed by atoms with E-state index in [4.69, 9.17) is 9.31 Å². The van der Waals surface area contributed by atoms with Gasteiger partial charge in [0.25, 0.3) is 0 Å². The lowest BCUT2D eigenvalue weighted by atomic mass is 9.73. The lowest BCUT2D eigenvalue weighted by molar-refractivity contribution is 0.00578. The van der Waals surface area contributed by atoms with Gasteiger partial charge in [0.2, 0.25) is 0 Å². The maximum Gasteiger partial charge on any atom is 0.495 e. The molecule has 1 fully saturated rings. The highest BCUT2D eigenvalue weighted by Crippen LogP contribution is 2.48. The summed E-state index contributed by atoms with van der Waals surface area (Å²) >= 11 is 0. The molecule has 0 amide bonds. The van der Waals surface area contributed by atoms with Gasteiger partial charge in [-0.25, -0.2) is 0 Å². The molecule has 0 saturated carbocycles. The zero-order valence-corrected chi connectivity index (χ0v) is 15.4. The summed E-state index contributed by atoms with van der Waals surface area (Å²) in [4.78, 5) is 0. The summed E-state index contributed by atoms with van der Waals surface area (Å²) in [5.41, 5.74) is 5.83. The van der Waals surface area contributed by atoms with Crippen LogP contribution >= 0.6 is 0 Å². The molecule has 1 aliphatic carbocycles. The normalized spacial score (nSPS) is 22.3. The van der Waals surface area contributed by atoms with E-state index in [1.165, 1.54) is 22.3 Å². The van der Waals surface area contributed by atoms with Gasteiger partial charge in [-0.2, -0.15) is 0 Å². The average Bonchev–Trinajstić information content (AvgIpc) is 2.88. The van der Waals surface area contributed by atoms with Gasteiger partial charge >= 0.3 is 7.12 Å². The zero-order chi connectivity index (χ0) is 17.3. The Kier molecular flexibility index (Phi) is 3.14. The molecule has 1 saturated heterocycles. The molecule has 24 heavy (non-hydrogen) atoms. The second kappa shape index (κ2) is 4.74. The van der Waals surface area contributed by atoms with Crippen molar-refractivity contribution in [3.8, 4) is 11.1 Å². The van der Waals surface area contributed by atoms with Gasteiger partial charge < -0.3 is 9.31 Å². The Balaban J connectivity index is 1.90. The molecule has 4 rings (SSSR count). The van der Waals surface area contributed by atoms with Crippen LogP contribution in [0.1, 0.15) is 52.7 Å². The van der Waals surface area contributed by atoms with Crippen LogP contribution in [0, 0.1) is 0 Å². The van der Waals surface area contributed by atoms with Crippen molar-refractivity contribution in [2.24, 2.45) is 0 Å². The third-order valence-electron chi connectivity index (χ3n) is 6.15. The number of hydrogen-bond acceptors (Lipinski definition) is 2. The quantitative estimate of drug-likeness (QED) is 0.730. The molecular weight excluding hydrogens is 295 g/mol. The second-order valence-corrected chi connectivity index (χ2v) is 8.53. The van der Waals surface area contributed by atoms with Gasteiger partial charge in [-0.3, -0.25) is 0 Å². The van der Waals surface area contributed by atoms with Crippen molar-refractivity contribution < 1.29 is 9.31 Å². The first-order chi connectivity index (χ1) is 11.2. The summed E-state index contributed by atoms with van der Waals surface area (Å²) in [6.07, 6.45) is 0. The standard InChI is InChI=1S/C21H25BO2/c1-19(2)15-11-8-7-10-14(15)18-16(19)12-9-13-17(18)22-23-20(3,4)21(5,6)24-22/h7-13H,1-6H3. The van der Waals surface area contributed by atoms with Gasteiger partial charge in [-0.1, -0.05) is 56.3 Å². The summed E-state index contributed by atoms with van der Waals surface area (Å²) in [6.45, 7) is 13.0. The van der Waals surface area contributed by atoms with E-state index in [0.717, 1.165) is 5.46 Å². The predicted molar refractivity (Wildman–Crippen MR) is 99.7 cm³/mol. The number of hydrogen-bond donors (Lipinski definition) is 0. The fourth-order valence-electron chi connectivity index (χ4n) is 3.95. The highest BCUT2D eigenvalue weighted by atomic mass is 16.7. The molecular formula is C21H25BO2. The lowest BCUT2D eigenvalue weighted by Gasteiger charge is -2.32. The molecule has 0 radical (unpaired) electrons. The van der Waals surface area contributed by atoms with Crippen molar-refractivity contribution in [3.05, 3.63) is 53.6 Å². The predicted octanol–water partition coefficient (Wildman–Crippen LogP) is 4.29. The summed E-state index contributed by atoms with van der Waals surface area (Å²) in [6, 6.07) is 15.2. The Labute approximate surface area is 145 Å². The summed E-state index contributed by atoms with van der Waals surface area (Å²) in [7, 11) is -0.327. The lowest BCUT2D eigenvalue weighted by Crippen LogP contribution is -2.41. The van der Waals surface area contributed by atoms with Crippen molar-refractivity contribution in [2.75, 3.05) is 0 Å². The van der Waals surface area contributed by atoms with Crippen LogP contribution in [0.5, 0.6) is 0 Å². The van der Waals surface area contributed by atoms with E-state index in [2.05, 4.69) is 84.0 Å². The van der Waals surface area contributed by atoms with E-state index in [-0.39, 0.29) is 23.7 Å². The third-order valence-corrected chi connectivity index (χ3v) is 6.15. The molecule has 2 aromatic carbocycles. The minimum absolute atomic E-state index is 0.00553. The van der Waals surface area contributed by atoms with Crippen LogP contribution in [0.4, 0.5) is 0 Å². The van der Waals surface area contributed by atoms with E-state index in [1.54, 1.807) is 0 Å². The first-order valence-electron chi connectivity index (χ1n) is 8.74. The average molecular weight is 320 g/mol. The molecule has 3 heteroatoms. The number of fused-ring (bicyclic) bond motifs is 3. The van der Waals surface area contributed by atoms with Gasteiger partial charge in [-0.05, 0) is 55.4 Å². The van der Waals surface area contributed by atoms with Crippen molar-refractivity contribution in [2.45, 2.75) is 58.2 Å². The topological polar surface area (TPSA) is 18.5 Å². The van der Waals surface area contributed by atoms with Crippen LogP contribution in [0.3, 0.4) is 0 Å². The van der Waals surface area contributed by atoms with Crippen LogP contribution in [0.2, 0.25) is 0 Å². The van der Waals surface area contributed by atoms with Crippen molar-refractivity contribution in [3.63, 3.8) is 0 Å². The molecule has 2 nitrogen and oxygen atoms in total. The van der Waals surface area contributed by atoms with E-state index in [0.29, 0.717) is 0 Å². The van der Waals surface area contributed by atoms with E-state index < -0.39 is 0 Å². The molecule has 0 unspecified atom stereocenters. The van der Waals surface area contributed by atoms with Gasteiger partial charge in [-0.15, -0.1) is 0 Å². The summed E-state index contributed by atoms with van der Waals surface area (Å²) in [5.74, 6) is 0. The smallest absolute Gasteiger partial charge is 0.399 e. The Hall–Kier alpha value is -1.58. The first-order valence-corrected chi connectivity index (χ1v) is 8.74. The van der Waals surface area contributed by atoms with E-state index in [9.17, 15) is 0 Å². The molecule has 1 heterocycles. The van der Waals surface area contributed by atoms with E-state index in [1.807, 2.05) is 0 Å². The van der Waals surface area contributed by atoms with Crippen LogP contribution in [-0.4, -0.2) is 18.3 Å². The molecule has 2 aromatic rings. The fraction of sp³-hybridized carbons (Fsp3) is 0.429. The highest BCUT2D eigenvalue weighted by Gasteiger charge is 2.53. The van der Waals surface area contributed by atoms with Gasteiger partial charge in [0, 0.05) is 5.41 Å². The minimum atomic E-state index is -0.327. The Morgan fingerprint density at radius 3 is 1.96 bits per heavy atom. The van der Waals surface area contributed by atoms with Crippen LogP contribution < -0.4 is 5.46 Å². The van der Waals surface area contributed by atoms with Gasteiger partial charge in [0.1, 0.15) is 0 Å². The van der Waals surface area contributed by atoms with Crippen LogP contribution in [0.25, 0.3) is 11.1 Å². The van der Waals surface area contributed by atoms with Crippen molar-refractivity contribution in [1.82, 2.24) is 0 Å². The summed E-state index contributed by atoms with van der Waals surface area (Å²) < 4.78 is 12.7. The molecule has 0 aromatic heterocycles. The largest absolute Gasteiger partial charge is 0.495 e. The molecule has 124 valence electrons. The maximum absolute atomic E-state index is 6.34. The first kappa shape index (κ1) is 15.9. The fourth-order valence-corrected chi connectivity index (χ4v) is 3.95. The maximum atomic E-state index is 6.34. The highest BCUT2D eigenvalue weighted by molar-refractivity contribution is 6.64.